The summed E-state index contributed by atoms with van der Waals surface area (Å²) in [6, 6.07) is 6.37. The number of hydrogen-bond donors (Lipinski definition) is 2. The third-order valence-electron chi connectivity index (χ3n) is 3.15. The molecule has 1 aromatic carbocycles. The van der Waals surface area contributed by atoms with Crippen molar-refractivity contribution in [2.45, 2.75) is 0 Å². The second-order valence-electron chi connectivity index (χ2n) is 4.62. The molecule has 2 rings (SSSR count). The number of aromatic hydroxyl groups is 1. The van der Waals surface area contributed by atoms with Gasteiger partial charge in [0.1, 0.15) is 5.56 Å². The number of carbonyl (C=O) groups excluding carboxylic acids is 1. The molecule has 0 unspecified atom stereocenters. The van der Waals surface area contributed by atoms with Crippen molar-refractivity contribution in [2.24, 2.45) is 19.2 Å². The average molecular weight is 337 g/mol. The van der Waals surface area contributed by atoms with Gasteiger partial charge in [-0.2, -0.15) is 5.10 Å². The third kappa shape index (κ3) is 3.16. The molecule has 2 N–H and O–H groups in total. The van der Waals surface area contributed by atoms with Gasteiger partial charge in [0.05, 0.1) is 16.8 Å². The highest BCUT2D eigenvalue weighted by Gasteiger charge is 2.13. The van der Waals surface area contributed by atoms with Crippen LogP contribution in [-0.2, 0) is 14.1 Å². The van der Waals surface area contributed by atoms with Crippen LogP contribution in [0.25, 0.3) is 0 Å². The molecule has 0 saturated heterocycles. The van der Waals surface area contributed by atoms with Crippen LogP contribution in [0.5, 0.6) is 5.88 Å². The summed E-state index contributed by atoms with van der Waals surface area (Å²) >= 11 is 5.88. The second kappa shape index (κ2) is 6.49. The number of benzene rings is 1. The number of rotatable bonds is 3. The van der Waals surface area contributed by atoms with Gasteiger partial charge in [-0.3, -0.25) is 18.7 Å². The first-order valence-electron chi connectivity index (χ1n) is 6.41. The van der Waals surface area contributed by atoms with Gasteiger partial charge in [0.25, 0.3) is 11.5 Å². The van der Waals surface area contributed by atoms with Crippen LogP contribution in [0.4, 0.5) is 0 Å². The number of hydrogen-bond acceptors (Lipinski definition) is 5. The highest BCUT2D eigenvalue weighted by Crippen LogP contribution is 2.14. The molecule has 0 aliphatic carbocycles. The summed E-state index contributed by atoms with van der Waals surface area (Å²) in [7, 11) is 2.57. The van der Waals surface area contributed by atoms with Crippen LogP contribution < -0.4 is 16.7 Å². The van der Waals surface area contributed by atoms with Crippen LogP contribution in [-0.4, -0.2) is 26.4 Å². The Morgan fingerprint density at radius 3 is 2.57 bits per heavy atom. The van der Waals surface area contributed by atoms with Crippen LogP contribution in [0.1, 0.15) is 15.9 Å². The molecule has 0 spiro atoms. The van der Waals surface area contributed by atoms with Gasteiger partial charge < -0.3 is 5.11 Å². The van der Waals surface area contributed by atoms with E-state index in [1.807, 2.05) is 0 Å². The zero-order valence-corrected chi connectivity index (χ0v) is 13.0. The number of hydrazone groups is 1. The van der Waals surface area contributed by atoms with Gasteiger partial charge in [-0.1, -0.05) is 23.7 Å². The largest absolute Gasteiger partial charge is 0.494 e. The zero-order chi connectivity index (χ0) is 17.1. The van der Waals surface area contributed by atoms with Crippen LogP contribution in [0.2, 0.25) is 5.02 Å². The summed E-state index contributed by atoms with van der Waals surface area (Å²) in [5.74, 6) is -1.12. The van der Waals surface area contributed by atoms with Gasteiger partial charge in [0.15, 0.2) is 0 Å². The van der Waals surface area contributed by atoms with Crippen LogP contribution in [0.15, 0.2) is 39.0 Å². The van der Waals surface area contributed by atoms with E-state index in [4.69, 9.17) is 11.6 Å². The van der Waals surface area contributed by atoms with Gasteiger partial charge in [-0.05, 0) is 12.1 Å². The molecule has 0 radical (unpaired) electrons. The molecule has 8 nitrogen and oxygen atoms in total. The Morgan fingerprint density at radius 1 is 1.26 bits per heavy atom. The Bertz CT molecular complexity index is 914. The summed E-state index contributed by atoms with van der Waals surface area (Å²) in [6.45, 7) is 0. The van der Waals surface area contributed by atoms with Gasteiger partial charge in [0.2, 0.25) is 5.88 Å². The molecule has 120 valence electrons. The van der Waals surface area contributed by atoms with Crippen LogP contribution in [0.3, 0.4) is 0 Å². The fourth-order valence-electron chi connectivity index (χ4n) is 1.83. The smallest absolute Gasteiger partial charge is 0.333 e. The molecular formula is C14H13ClN4O4. The van der Waals surface area contributed by atoms with Gasteiger partial charge in [-0.25, -0.2) is 10.2 Å². The predicted molar refractivity (Wildman–Crippen MR) is 85.1 cm³/mol. The van der Waals surface area contributed by atoms with Gasteiger partial charge >= 0.3 is 5.69 Å². The lowest BCUT2D eigenvalue weighted by Crippen LogP contribution is -2.38. The van der Waals surface area contributed by atoms with Crippen LogP contribution >= 0.6 is 11.6 Å². The summed E-state index contributed by atoms with van der Waals surface area (Å²) in [6.07, 6.45) is 0.964. The number of amides is 1. The maximum atomic E-state index is 11.9. The van der Waals surface area contributed by atoms with Crippen molar-refractivity contribution in [3.05, 3.63) is 61.3 Å². The van der Waals surface area contributed by atoms with E-state index >= 15 is 0 Å². The molecule has 0 aliphatic rings. The lowest BCUT2D eigenvalue weighted by atomic mass is 10.2. The second-order valence-corrected chi connectivity index (χ2v) is 5.03. The molecule has 0 bridgehead atoms. The van der Waals surface area contributed by atoms with Crippen molar-refractivity contribution >= 4 is 23.7 Å². The first-order chi connectivity index (χ1) is 10.8. The fourth-order valence-corrected chi connectivity index (χ4v) is 2.06. The summed E-state index contributed by atoms with van der Waals surface area (Å²) < 4.78 is 1.70. The SMILES string of the molecule is Cn1c(O)c(/C=N/NC(=O)c2ccccc2Cl)c(=O)n(C)c1=O. The van der Waals surface area contributed by atoms with Crippen molar-refractivity contribution in [2.75, 3.05) is 0 Å². The molecule has 9 heteroatoms. The topological polar surface area (TPSA) is 106 Å². The Balaban J connectivity index is 2.29. The average Bonchev–Trinajstić information content (AvgIpc) is 2.54. The molecule has 1 aromatic heterocycles. The maximum Gasteiger partial charge on any atom is 0.333 e. The van der Waals surface area contributed by atoms with E-state index in [1.54, 1.807) is 18.2 Å². The van der Waals surface area contributed by atoms with E-state index < -0.39 is 23.0 Å². The molecule has 1 amide bonds. The highest BCUT2D eigenvalue weighted by molar-refractivity contribution is 6.33. The lowest BCUT2D eigenvalue weighted by Gasteiger charge is -2.07. The van der Waals surface area contributed by atoms with E-state index in [0.29, 0.717) is 0 Å². The predicted octanol–water partition coefficient (Wildman–Crippen LogP) is 0.207. The highest BCUT2D eigenvalue weighted by atomic mass is 35.5. The van der Waals surface area contributed by atoms with Gasteiger partial charge in [-0.15, -0.1) is 0 Å². The lowest BCUT2D eigenvalue weighted by molar-refractivity contribution is 0.0955. The van der Waals surface area contributed by atoms with E-state index in [0.717, 1.165) is 15.3 Å². The molecule has 0 saturated carbocycles. The van der Waals surface area contributed by atoms with Gasteiger partial charge in [0, 0.05) is 14.1 Å². The summed E-state index contributed by atoms with van der Waals surface area (Å²) in [4.78, 5) is 35.4. The fraction of sp³-hybridized carbons (Fsp3) is 0.143. The number of nitrogens with zero attached hydrogens (tertiary/aromatic N) is 3. The minimum atomic E-state index is -0.735. The Kier molecular flexibility index (Phi) is 4.65. The van der Waals surface area contributed by atoms with Crippen molar-refractivity contribution in [1.29, 1.82) is 0 Å². The Labute approximate surface area is 135 Å². The van der Waals surface area contributed by atoms with Crippen molar-refractivity contribution < 1.29 is 9.90 Å². The number of halogens is 1. The van der Waals surface area contributed by atoms with E-state index in [-0.39, 0.29) is 16.1 Å². The van der Waals surface area contributed by atoms with Crippen molar-refractivity contribution in [3.8, 4) is 5.88 Å². The molecule has 23 heavy (non-hydrogen) atoms. The molecule has 2 aromatic rings. The Morgan fingerprint density at radius 2 is 1.91 bits per heavy atom. The number of nitrogens with one attached hydrogen (secondary N) is 1. The van der Waals surface area contributed by atoms with E-state index in [1.165, 1.54) is 20.2 Å². The molecule has 0 atom stereocenters. The molecule has 0 aliphatic heterocycles. The monoisotopic (exact) mass is 336 g/mol. The minimum Gasteiger partial charge on any atom is -0.494 e. The molecule has 0 fully saturated rings. The first-order valence-corrected chi connectivity index (χ1v) is 6.79. The van der Waals surface area contributed by atoms with E-state index in [2.05, 4.69) is 10.5 Å². The molecule has 1 heterocycles. The number of carbonyl (C=O) groups is 1. The summed E-state index contributed by atoms with van der Waals surface area (Å²) in [5, 5.41) is 13.7. The van der Waals surface area contributed by atoms with Crippen LogP contribution in [0, 0.1) is 0 Å². The molecular weight excluding hydrogens is 324 g/mol. The third-order valence-corrected chi connectivity index (χ3v) is 3.48. The van der Waals surface area contributed by atoms with Crippen molar-refractivity contribution in [1.82, 2.24) is 14.6 Å². The normalized spacial score (nSPS) is 10.9. The minimum absolute atomic E-state index is 0.212. The van der Waals surface area contributed by atoms with E-state index in [9.17, 15) is 19.5 Å². The maximum absolute atomic E-state index is 11.9. The first kappa shape index (κ1) is 16.5. The summed E-state index contributed by atoms with van der Waals surface area (Å²) in [5.41, 5.74) is 0.769. The Hall–Kier alpha value is -2.87. The standard InChI is InChI=1S/C14H13ClN4O4/c1-18-12(21)9(13(22)19(2)14(18)23)7-16-17-11(20)8-5-3-4-6-10(8)15/h3-7,21H,1-2H3,(H,17,20)/b16-7+. The quantitative estimate of drug-likeness (QED) is 0.617. The van der Waals surface area contributed by atoms with Crippen molar-refractivity contribution in [3.63, 3.8) is 0 Å². The number of aromatic nitrogens is 2. The zero-order valence-electron chi connectivity index (χ0n) is 12.3.